The van der Waals surface area contributed by atoms with E-state index in [1.807, 2.05) is 36.4 Å². The molecule has 0 radical (unpaired) electrons. The van der Waals surface area contributed by atoms with E-state index in [0.717, 1.165) is 10.6 Å². The second-order valence-corrected chi connectivity index (χ2v) is 8.07. The van der Waals surface area contributed by atoms with Gasteiger partial charge in [0.2, 0.25) is 0 Å². The summed E-state index contributed by atoms with van der Waals surface area (Å²) in [6.45, 7) is 3.45. The Kier molecular flexibility index (Phi) is 6.32. The van der Waals surface area contributed by atoms with Crippen LogP contribution in [0.3, 0.4) is 0 Å². The molecular formula is C26H23F3N2O3. The second-order valence-electron chi connectivity index (χ2n) is 8.07. The van der Waals surface area contributed by atoms with E-state index in [4.69, 9.17) is 14.6 Å². The molecule has 0 saturated carbocycles. The first-order valence-electron chi connectivity index (χ1n) is 10.7. The number of alkyl halides is 3. The maximum atomic E-state index is 13.3. The molecule has 4 rings (SSSR count). The molecule has 3 atom stereocenters. The Morgan fingerprint density at radius 3 is 2.03 bits per heavy atom. The molecule has 3 aromatic carbocycles. The zero-order valence-electron chi connectivity index (χ0n) is 18.6. The molecule has 0 fully saturated rings. The van der Waals surface area contributed by atoms with Crippen LogP contribution in [0.25, 0.3) is 0 Å². The highest BCUT2D eigenvalue weighted by Crippen LogP contribution is 2.48. The van der Waals surface area contributed by atoms with Gasteiger partial charge in [-0.05, 0) is 37.1 Å². The maximum Gasteiger partial charge on any atom is 0.493 e. The van der Waals surface area contributed by atoms with Gasteiger partial charge < -0.3 is 9.57 Å². The number of hydrogen-bond donors (Lipinski definition) is 0. The Morgan fingerprint density at radius 2 is 1.47 bits per heavy atom. The fourth-order valence-corrected chi connectivity index (χ4v) is 4.07. The van der Waals surface area contributed by atoms with Gasteiger partial charge in [0.1, 0.15) is 17.3 Å². The molecule has 8 heteroatoms. The molecule has 0 bridgehead atoms. The largest absolute Gasteiger partial charge is 0.493 e. The number of aliphatic imine (C=N–C) groups is 1. The summed E-state index contributed by atoms with van der Waals surface area (Å²) < 4.78 is 45.7. The van der Waals surface area contributed by atoms with Crippen molar-refractivity contribution in [3.05, 3.63) is 102 Å². The lowest BCUT2D eigenvalue weighted by Crippen LogP contribution is -2.45. The average Bonchev–Trinajstić information content (AvgIpc) is 3.13. The minimum absolute atomic E-state index is 0.0710. The summed E-state index contributed by atoms with van der Waals surface area (Å²) in [5.41, 5.74) is 0.311. The van der Waals surface area contributed by atoms with E-state index < -0.39 is 29.8 Å². The topological polar surface area (TPSA) is 51.1 Å². The van der Waals surface area contributed by atoms with Crippen molar-refractivity contribution < 1.29 is 27.5 Å². The third-order valence-electron chi connectivity index (χ3n) is 5.65. The molecule has 0 saturated heterocycles. The first kappa shape index (κ1) is 23.4. The van der Waals surface area contributed by atoms with Gasteiger partial charge in [-0.25, -0.2) is 4.79 Å². The van der Waals surface area contributed by atoms with Crippen LogP contribution in [-0.2, 0) is 15.2 Å². The smallest absolute Gasteiger partial charge is 0.483 e. The third kappa shape index (κ3) is 4.62. The molecule has 3 aromatic rings. The fourth-order valence-electron chi connectivity index (χ4n) is 4.07. The van der Waals surface area contributed by atoms with Crippen LogP contribution >= 0.6 is 0 Å². The summed E-state index contributed by atoms with van der Waals surface area (Å²) in [5, 5.41) is 0.950. The van der Waals surface area contributed by atoms with E-state index in [1.54, 1.807) is 68.4 Å². The molecule has 1 aliphatic rings. The van der Waals surface area contributed by atoms with Crippen LogP contribution in [0.4, 0.5) is 13.2 Å². The number of ether oxygens (including phenoxy) is 1. The standard InChI is InChI=1S/C26H23F3N2O3/c1-18(33-21-16-10-5-11-17-21)23-30-25(2,20-14-8-4-9-15-20)22(19-12-6-3-7-13-19)31(23)34-24(32)26(27,28)29/h3-18,22H,1-2H3. The monoisotopic (exact) mass is 468 g/mol. The molecule has 1 aliphatic heterocycles. The van der Waals surface area contributed by atoms with Crippen molar-refractivity contribution in [3.63, 3.8) is 0 Å². The van der Waals surface area contributed by atoms with Crippen LogP contribution in [0.5, 0.6) is 5.75 Å². The van der Waals surface area contributed by atoms with E-state index in [9.17, 15) is 18.0 Å². The summed E-state index contributed by atoms with van der Waals surface area (Å²) in [4.78, 5) is 21.8. The number of carbonyl (C=O) groups is 1. The highest BCUT2D eigenvalue weighted by molar-refractivity contribution is 5.90. The molecule has 34 heavy (non-hydrogen) atoms. The van der Waals surface area contributed by atoms with Gasteiger partial charge in [0.25, 0.3) is 0 Å². The quantitative estimate of drug-likeness (QED) is 0.456. The Labute approximate surface area is 195 Å². The van der Waals surface area contributed by atoms with Gasteiger partial charge in [-0.1, -0.05) is 78.9 Å². The Morgan fingerprint density at radius 1 is 0.941 bits per heavy atom. The number of hydroxylamine groups is 2. The van der Waals surface area contributed by atoms with Crippen molar-refractivity contribution in [2.45, 2.75) is 37.7 Å². The lowest BCUT2D eigenvalue weighted by Gasteiger charge is -2.35. The summed E-state index contributed by atoms with van der Waals surface area (Å²) in [6.07, 6.45) is -6.00. The molecule has 0 aliphatic carbocycles. The summed E-state index contributed by atoms with van der Waals surface area (Å²) >= 11 is 0. The number of halogens is 3. The molecule has 0 spiro atoms. The van der Waals surface area contributed by atoms with Gasteiger partial charge >= 0.3 is 12.1 Å². The predicted octanol–water partition coefficient (Wildman–Crippen LogP) is 5.85. The first-order chi connectivity index (χ1) is 16.2. The van der Waals surface area contributed by atoms with E-state index in [1.165, 1.54) is 0 Å². The number of hydrogen-bond acceptors (Lipinski definition) is 5. The van der Waals surface area contributed by atoms with Gasteiger partial charge in [-0.15, -0.1) is 0 Å². The highest BCUT2D eigenvalue weighted by Gasteiger charge is 2.53. The first-order valence-corrected chi connectivity index (χ1v) is 10.7. The van der Waals surface area contributed by atoms with Crippen LogP contribution in [-0.4, -0.2) is 29.1 Å². The van der Waals surface area contributed by atoms with E-state index in [0.29, 0.717) is 11.3 Å². The van der Waals surface area contributed by atoms with E-state index in [2.05, 4.69) is 0 Å². The molecule has 3 unspecified atom stereocenters. The van der Waals surface area contributed by atoms with E-state index >= 15 is 0 Å². The number of carbonyl (C=O) groups excluding carboxylic acids is 1. The van der Waals surface area contributed by atoms with Crippen LogP contribution < -0.4 is 4.74 Å². The minimum atomic E-state index is -5.18. The summed E-state index contributed by atoms with van der Waals surface area (Å²) in [6, 6.07) is 26.0. The number of para-hydroxylation sites is 1. The van der Waals surface area contributed by atoms with Crippen molar-refractivity contribution in [3.8, 4) is 5.75 Å². The Bertz CT molecular complexity index is 1150. The van der Waals surface area contributed by atoms with Gasteiger partial charge in [-0.3, -0.25) is 4.99 Å². The summed E-state index contributed by atoms with van der Waals surface area (Å²) in [5.74, 6) is -1.75. The zero-order valence-corrected chi connectivity index (χ0v) is 18.6. The summed E-state index contributed by atoms with van der Waals surface area (Å²) in [7, 11) is 0. The molecule has 0 N–H and O–H groups in total. The van der Waals surface area contributed by atoms with Crippen LogP contribution in [0, 0.1) is 0 Å². The third-order valence-corrected chi connectivity index (χ3v) is 5.65. The maximum absolute atomic E-state index is 13.3. The molecular weight excluding hydrogens is 445 g/mol. The van der Waals surface area contributed by atoms with Crippen LogP contribution in [0.1, 0.15) is 31.0 Å². The van der Waals surface area contributed by atoms with Gasteiger partial charge in [-0.2, -0.15) is 18.2 Å². The normalized spacial score (nSPS) is 21.0. The predicted molar refractivity (Wildman–Crippen MR) is 121 cm³/mol. The van der Waals surface area contributed by atoms with Crippen molar-refractivity contribution in [1.82, 2.24) is 5.06 Å². The zero-order chi connectivity index (χ0) is 24.3. The lowest BCUT2D eigenvalue weighted by atomic mass is 9.82. The van der Waals surface area contributed by atoms with Crippen LogP contribution in [0.15, 0.2) is 96.0 Å². The van der Waals surface area contributed by atoms with Gasteiger partial charge in [0.05, 0.1) is 0 Å². The molecule has 1 heterocycles. The fraction of sp³-hybridized carbons (Fsp3) is 0.231. The molecule has 176 valence electrons. The lowest BCUT2D eigenvalue weighted by molar-refractivity contribution is -0.232. The number of nitrogens with zero attached hydrogens (tertiary/aromatic N) is 2. The molecule has 5 nitrogen and oxygen atoms in total. The van der Waals surface area contributed by atoms with Crippen molar-refractivity contribution in [1.29, 1.82) is 0 Å². The Hall–Kier alpha value is -3.81. The SMILES string of the molecule is CC(Oc1ccccc1)C1=NC(C)(c2ccccc2)C(c2ccccc2)N1OC(=O)C(F)(F)F. The number of amidine groups is 1. The number of benzene rings is 3. The van der Waals surface area contributed by atoms with Crippen molar-refractivity contribution >= 4 is 11.8 Å². The van der Waals surface area contributed by atoms with Crippen molar-refractivity contribution in [2.75, 3.05) is 0 Å². The molecule has 0 amide bonds. The van der Waals surface area contributed by atoms with Crippen LogP contribution in [0.2, 0.25) is 0 Å². The highest BCUT2D eigenvalue weighted by atomic mass is 19.4. The van der Waals surface area contributed by atoms with Crippen molar-refractivity contribution in [2.24, 2.45) is 4.99 Å². The van der Waals surface area contributed by atoms with Gasteiger partial charge in [0.15, 0.2) is 11.9 Å². The molecule has 0 aromatic heterocycles. The second kappa shape index (κ2) is 9.21. The number of rotatable bonds is 6. The minimum Gasteiger partial charge on any atom is -0.483 e. The Balaban J connectivity index is 1.83. The van der Waals surface area contributed by atoms with Gasteiger partial charge in [0, 0.05) is 0 Å². The average molecular weight is 468 g/mol. The van der Waals surface area contributed by atoms with E-state index in [-0.39, 0.29) is 5.84 Å².